The molecule has 9 heteroatoms. The Morgan fingerprint density at radius 1 is 1.13 bits per heavy atom. The van der Waals surface area contributed by atoms with E-state index in [1.165, 1.54) is 4.80 Å². The number of amides is 1. The molecule has 1 amide bonds. The SMILES string of the molecule is Cc1ncc2c(OC3CCCN(C(=O)c4ccccc4-n4nccn4)C3)nccn12. The zero-order valence-corrected chi connectivity index (χ0v) is 16.5. The number of imidazole rings is 1. The highest BCUT2D eigenvalue weighted by Gasteiger charge is 2.28. The molecule has 4 aromatic rings. The Morgan fingerprint density at radius 3 is 2.83 bits per heavy atom. The minimum Gasteiger partial charge on any atom is -0.471 e. The average molecular weight is 403 g/mol. The maximum absolute atomic E-state index is 13.3. The van der Waals surface area contributed by atoms with E-state index in [4.69, 9.17) is 4.74 Å². The first-order valence-corrected chi connectivity index (χ1v) is 9.91. The van der Waals surface area contributed by atoms with Gasteiger partial charge >= 0.3 is 0 Å². The van der Waals surface area contributed by atoms with Crippen molar-refractivity contribution in [3.63, 3.8) is 0 Å². The van der Waals surface area contributed by atoms with Crippen LogP contribution in [0.25, 0.3) is 11.2 Å². The Bertz CT molecular complexity index is 1190. The largest absolute Gasteiger partial charge is 0.471 e. The van der Waals surface area contributed by atoms with Gasteiger partial charge in [-0.05, 0) is 31.9 Å². The van der Waals surface area contributed by atoms with E-state index in [-0.39, 0.29) is 12.0 Å². The molecule has 1 aromatic carbocycles. The second-order valence-electron chi connectivity index (χ2n) is 7.26. The number of aromatic nitrogens is 6. The van der Waals surface area contributed by atoms with Gasteiger partial charge in [-0.3, -0.25) is 9.20 Å². The Hall–Kier alpha value is -3.75. The lowest BCUT2D eigenvalue weighted by Crippen LogP contribution is -2.44. The Morgan fingerprint density at radius 2 is 1.97 bits per heavy atom. The molecule has 3 aromatic heterocycles. The van der Waals surface area contributed by atoms with E-state index in [9.17, 15) is 4.79 Å². The Kier molecular flexibility index (Phi) is 4.62. The number of aryl methyl sites for hydroxylation is 1. The maximum atomic E-state index is 13.3. The molecule has 0 bridgehead atoms. The van der Waals surface area contributed by atoms with Gasteiger partial charge < -0.3 is 9.64 Å². The number of ether oxygens (including phenoxy) is 1. The number of rotatable bonds is 4. The lowest BCUT2D eigenvalue weighted by molar-refractivity contribution is 0.0530. The fraction of sp³-hybridized carbons (Fsp3) is 0.286. The Labute approximate surface area is 172 Å². The molecule has 0 spiro atoms. The third kappa shape index (κ3) is 3.28. The van der Waals surface area contributed by atoms with Gasteiger partial charge in [0.15, 0.2) is 0 Å². The van der Waals surface area contributed by atoms with Crippen molar-refractivity contribution in [3.05, 3.63) is 66.6 Å². The highest BCUT2D eigenvalue weighted by atomic mass is 16.5. The van der Waals surface area contributed by atoms with Crippen LogP contribution >= 0.6 is 0 Å². The number of piperidine rings is 1. The zero-order chi connectivity index (χ0) is 20.5. The first-order chi connectivity index (χ1) is 14.7. The molecule has 4 heterocycles. The first kappa shape index (κ1) is 18.3. The van der Waals surface area contributed by atoms with Crippen molar-refractivity contribution in [2.45, 2.75) is 25.9 Å². The average Bonchev–Trinajstić information content (AvgIpc) is 3.45. The second kappa shape index (κ2) is 7.58. The number of carbonyl (C=O) groups is 1. The van der Waals surface area contributed by atoms with Gasteiger partial charge in [-0.15, -0.1) is 0 Å². The quantitative estimate of drug-likeness (QED) is 0.519. The molecule has 9 nitrogen and oxygen atoms in total. The number of para-hydroxylation sites is 1. The summed E-state index contributed by atoms with van der Waals surface area (Å²) in [6.45, 7) is 3.11. The van der Waals surface area contributed by atoms with Crippen LogP contribution in [0.2, 0.25) is 0 Å². The van der Waals surface area contributed by atoms with Gasteiger partial charge in [-0.2, -0.15) is 15.0 Å². The molecule has 1 saturated heterocycles. The van der Waals surface area contributed by atoms with Gasteiger partial charge in [0, 0.05) is 18.9 Å². The van der Waals surface area contributed by atoms with Crippen LogP contribution in [0, 0.1) is 6.92 Å². The van der Waals surface area contributed by atoms with Crippen LogP contribution in [-0.4, -0.2) is 59.4 Å². The molecular weight excluding hydrogens is 382 g/mol. The minimum atomic E-state index is -0.133. The van der Waals surface area contributed by atoms with Crippen LogP contribution in [0.5, 0.6) is 5.88 Å². The zero-order valence-electron chi connectivity index (χ0n) is 16.5. The normalized spacial score (nSPS) is 16.7. The van der Waals surface area contributed by atoms with Gasteiger partial charge in [0.2, 0.25) is 5.88 Å². The summed E-state index contributed by atoms with van der Waals surface area (Å²) in [5.74, 6) is 1.36. The highest BCUT2D eigenvalue weighted by Crippen LogP contribution is 2.23. The predicted molar refractivity (Wildman–Crippen MR) is 109 cm³/mol. The molecule has 0 N–H and O–H groups in total. The van der Waals surface area contributed by atoms with Crippen molar-refractivity contribution in [1.29, 1.82) is 0 Å². The number of nitrogens with zero attached hydrogens (tertiary/aromatic N) is 7. The standard InChI is InChI=1S/C21H21N7O2/c1-15-23-13-19-20(22-10-12-27(15)19)30-16-5-4-11-26(14-16)21(29)17-6-2-3-7-18(17)28-24-8-9-25-28/h2-3,6-10,12-13,16H,4-5,11,14H2,1H3. The van der Waals surface area contributed by atoms with E-state index in [0.29, 0.717) is 30.2 Å². The molecule has 1 atom stereocenters. The van der Waals surface area contributed by atoms with Crippen molar-refractivity contribution < 1.29 is 9.53 Å². The number of likely N-dealkylation sites (tertiary alicyclic amines) is 1. The molecule has 1 unspecified atom stereocenters. The highest BCUT2D eigenvalue weighted by molar-refractivity contribution is 5.97. The van der Waals surface area contributed by atoms with Gasteiger partial charge in [0.25, 0.3) is 5.91 Å². The van der Waals surface area contributed by atoms with Crippen molar-refractivity contribution in [1.82, 2.24) is 34.3 Å². The van der Waals surface area contributed by atoms with Crippen LogP contribution in [-0.2, 0) is 0 Å². The van der Waals surface area contributed by atoms with Crippen LogP contribution in [0.4, 0.5) is 0 Å². The summed E-state index contributed by atoms with van der Waals surface area (Å²) in [5.41, 5.74) is 2.06. The summed E-state index contributed by atoms with van der Waals surface area (Å²) in [4.78, 5) is 25.3. The summed E-state index contributed by atoms with van der Waals surface area (Å²) in [7, 11) is 0. The molecule has 1 aliphatic heterocycles. The van der Waals surface area contributed by atoms with Crippen molar-refractivity contribution in [2.24, 2.45) is 0 Å². The van der Waals surface area contributed by atoms with E-state index in [1.807, 2.05) is 46.7 Å². The van der Waals surface area contributed by atoms with Crippen molar-refractivity contribution in [3.8, 4) is 11.6 Å². The molecule has 1 aliphatic rings. The summed E-state index contributed by atoms with van der Waals surface area (Å²) in [6, 6.07) is 7.38. The van der Waals surface area contributed by atoms with E-state index in [0.717, 1.165) is 24.2 Å². The van der Waals surface area contributed by atoms with Crippen LogP contribution in [0.3, 0.4) is 0 Å². The third-order valence-electron chi connectivity index (χ3n) is 5.32. The molecule has 30 heavy (non-hydrogen) atoms. The first-order valence-electron chi connectivity index (χ1n) is 9.91. The summed E-state index contributed by atoms with van der Waals surface area (Å²) >= 11 is 0. The van der Waals surface area contributed by atoms with Crippen molar-refractivity contribution in [2.75, 3.05) is 13.1 Å². The number of carbonyl (C=O) groups excluding carboxylic acids is 1. The van der Waals surface area contributed by atoms with Crippen LogP contribution in [0.15, 0.2) is 55.2 Å². The molecule has 0 radical (unpaired) electrons. The molecule has 0 aliphatic carbocycles. The van der Waals surface area contributed by atoms with Gasteiger partial charge in [0.1, 0.15) is 17.4 Å². The fourth-order valence-electron chi connectivity index (χ4n) is 3.84. The number of benzene rings is 1. The smallest absolute Gasteiger partial charge is 0.256 e. The van der Waals surface area contributed by atoms with Gasteiger partial charge in [0.05, 0.1) is 36.4 Å². The van der Waals surface area contributed by atoms with Crippen LogP contribution < -0.4 is 4.74 Å². The van der Waals surface area contributed by atoms with E-state index >= 15 is 0 Å². The molecule has 5 rings (SSSR count). The summed E-state index contributed by atoms with van der Waals surface area (Å²) in [5, 5.41) is 8.34. The fourth-order valence-corrected chi connectivity index (χ4v) is 3.84. The van der Waals surface area contributed by atoms with Gasteiger partial charge in [-0.1, -0.05) is 12.1 Å². The maximum Gasteiger partial charge on any atom is 0.256 e. The second-order valence-corrected chi connectivity index (χ2v) is 7.26. The molecular formula is C21H21N7O2. The minimum absolute atomic E-state index is 0.0532. The summed E-state index contributed by atoms with van der Waals surface area (Å²) < 4.78 is 8.15. The predicted octanol–water partition coefficient (Wildman–Crippen LogP) is 2.30. The van der Waals surface area contributed by atoms with Crippen molar-refractivity contribution >= 4 is 11.4 Å². The van der Waals surface area contributed by atoms with Gasteiger partial charge in [-0.25, -0.2) is 9.97 Å². The van der Waals surface area contributed by atoms with E-state index < -0.39 is 0 Å². The summed E-state index contributed by atoms with van der Waals surface area (Å²) in [6.07, 6.45) is 10.1. The monoisotopic (exact) mass is 403 g/mol. The third-order valence-corrected chi connectivity index (χ3v) is 5.32. The number of fused-ring (bicyclic) bond motifs is 1. The molecule has 0 saturated carbocycles. The Balaban J connectivity index is 1.37. The number of hydrogen-bond donors (Lipinski definition) is 0. The lowest BCUT2D eigenvalue weighted by atomic mass is 10.1. The van der Waals surface area contributed by atoms with Crippen LogP contribution in [0.1, 0.15) is 29.0 Å². The lowest BCUT2D eigenvalue weighted by Gasteiger charge is -2.33. The number of hydrogen-bond acceptors (Lipinski definition) is 6. The topological polar surface area (TPSA) is 90.4 Å². The van der Waals surface area contributed by atoms with E-state index in [2.05, 4.69) is 20.2 Å². The molecule has 1 fully saturated rings. The molecule has 152 valence electrons. The van der Waals surface area contributed by atoms with E-state index in [1.54, 1.807) is 24.8 Å².